The van der Waals surface area contributed by atoms with E-state index >= 15 is 0 Å². The molecule has 0 N–H and O–H groups in total. The predicted octanol–water partition coefficient (Wildman–Crippen LogP) is 4.94. The first kappa shape index (κ1) is 24.6. The molecule has 1 aliphatic rings. The maximum absolute atomic E-state index is 14.6. The molecule has 3 aromatic rings. The Balaban J connectivity index is 1.92. The summed E-state index contributed by atoms with van der Waals surface area (Å²) in [6, 6.07) is 15.8. The molecular weight excluding hydrogens is 459 g/mol. The highest BCUT2D eigenvalue weighted by atomic mass is 19.1. The van der Waals surface area contributed by atoms with Gasteiger partial charge in [-0.1, -0.05) is 32.0 Å². The van der Waals surface area contributed by atoms with Gasteiger partial charge in [0.15, 0.2) is 11.6 Å². The standard InChI is InChI=1S/C28H25FN4O3/c1-17(2)15-32-27(34)22(18(3)23(14-30)28(32)35)12-20-16-33(21-8-6-5-7-9-21)31-26(20)19-10-11-25(36-4)24(29)13-19/h5-13,16-17H,15H2,1-4H3/b22-12+. The molecule has 4 rings (SSSR count). The summed E-state index contributed by atoms with van der Waals surface area (Å²) in [7, 11) is 1.39. The quantitative estimate of drug-likeness (QED) is 0.365. The highest BCUT2D eigenvalue weighted by molar-refractivity contribution is 6.19. The minimum Gasteiger partial charge on any atom is -0.494 e. The van der Waals surface area contributed by atoms with Crippen molar-refractivity contribution in [2.24, 2.45) is 5.92 Å². The molecule has 0 saturated heterocycles. The predicted molar refractivity (Wildman–Crippen MR) is 133 cm³/mol. The molecule has 36 heavy (non-hydrogen) atoms. The number of rotatable bonds is 6. The normalized spacial score (nSPS) is 15.1. The zero-order valence-electron chi connectivity index (χ0n) is 20.4. The van der Waals surface area contributed by atoms with Crippen LogP contribution in [0.4, 0.5) is 4.39 Å². The lowest BCUT2D eigenvalue weighted by Crippen LogP contribution is -2.44. The van der Waals surface area contributed by atoms with Gasteiger partial charge in [-0.3, -0.25) is 14.5 Å². The Hall–Kier alpha value is -4.51. The first-order valence-corrected chi connectivity index (χ1v) is 11.4. The van der Waals surface area contributed by atoms with E-state index in [9.17, 15) is 19.2 Å². The average molecular weight is 485 g/mol. The monoisotopic (exact) mass is 484 g/mol. The number of amides is 2. The Kier molecular flexibility index (Phi) is 6.84. The molecule has 1 aromatic heterocycles. The molecule has 1 aliphatic heterocycles. The number of methoxy groups -OCH3 is 1. The number of benzene rings is 2. The Labute approximate surface area is 208 Å². The summed E-state index contributed by atoms with van der Waals surface area (Å²) in [5, 5.41) is 14.3. The highest BCUT2D eigenvalue weighted by Gasteiger charge is 2.36. The van der Waals surface area contributed by atoms with Crippen LogP contribution in [0, 0.1) is 23.1 Å². The van der Waals surface area contributed by atoms with Crippen molar-refractivity contribution in [1.82, 2.24) is 14.7 Å². The number of aromatic nitrogens is 2. The molecule has 0 unspecified atom stereocenters. The number of hydrogen-bond donors (Lipinski definition) is 0. The number of nitriles is 1. The number of para-hydroxylation sites is 1. The van der Waals surface area contributed by atoms with Crippen molar-refractivity contribution in [2.75, 3.05) is 13.7 Å². The Morgan fingerprint density at radius 3 is 2.47 bits per heavy atom. The lowest BCUT2D eigenvalue weighted by molar-refractivity contribution is -0.141. The zero-order chi connectivity index (χ0) is 26.0. The smallest absolute Gasteiger partial charge is 0.271 e. The van der Waals surface area contributed by atoms with Crippen LogP contribution < -0.4 is 4.74 Å². The molecule has 0 aliphatic carbocycles. The summed E-state index contributed by atoms with van der Waals surface area (Å²) in [4.78, 5) is 27.3. The van der Waals surface area contributed by atoms with E-state index in [2.05, 4.69) is 5.10 Å². The third-order valence-electron chi connectivity index (χ3n) is 5.86. The van der Waals surface area contributed by atoms with E-state index in [1.807, 2.05) is 50.2 Å². The van der Waals surface area contributed by atoms with Crippen LogP contribution in [0.25, 0.3) is 23.0 Å². The van der Waals surface area contributed by atoms with Crippen molar-refractivity contribution in [3.63, 3.8) is 0 Å². The zero-order valence-corrected chi connectivity index (χ0v) is 20.4. The van der Waals surface area contributed by atoms with Gasteiger partial charge in [-0.25, -0.2) is 9.07 Å². The van der Waals surface area contributed by atoms with Crippen molar-refractivity contribution in [3.8, 4) is 28.8 Å². The number of imide groups is 1. The van der Waals surface area contributed by atoms with Gasteiger partial charge in [0.05, 0.1) is 12.8 Å². The van der Waals surface area contributed by atoms with Crippen molar-refractivity contribution < 1.29 is 18.7 Å². The summed E-state index contributed by atoms with van der Waals surface area (Å²) < 4.78 is 21.3. The van der Waals surface area contributed by atoms with Crippen LogP contribution in [-0.2, 0) is 9.59 Å². The van der Waals surface area contributed by atoms with Gasteiger partial charge >= 0.3 is 0 Å². The summed E-state index contributed by atoms with van der Waals surface area (Å²) in [6.07, 6.45) is 3.34. The van der Waals surface area contributed by atoms with E-state index in [4.69, 9.17) is 4.74 Å². The summed E-state index contributed by atoms with van der Waals surface area (Å²) in [6.45, 7) is 5.55. The minimum absolute atomic E-state index is 0.0242. The van der Waals surface area contributed by atoms with Crippen molar-refractivity contribution in [3.05, 3.63) is 82.8 Å². The Bertz CT molecular complexity index is 1450. The fourth-order valence-corrected chi connectivity index (χ4v) is 4.06. The average Bonchev–Trinajstić information content (AvgIpc) is 3.29. The van der Waals surface area contributed by atoms with Gasteiger partial charge in [0, 0.05) is 29.4 Å². The summed E-state index contributed by atoms with van der Waals surface area (Å²) >= 11 is 0. The highest BCUT2D eigenvalue weighted by Crippen LogP contribution is 2.32. The van der Waals surface area contributed by atoms with Crippen LogP contribution in [0.15, 0.2) is 71.4 Å². The molecule has 0 radical (unpaired) electrons. The summed E-state index contributed by atoms with van der Waals surface area (Å²) in [5.41, 5.74) is 2.65. The first-order chi connectivity index (χ1) is 17.2. The second kappa shape index (κ2) is 10.0. The molecule has 0 atom stereocenters. The van der Waals surface area contributed by atoms with Crippen LogP contribution in [0.2, 0.25) is 0 Å². The molecule has 0 fully saturated rings. The third kappa shape index (κ3) is 4.56. The molecule has 2 amide bonds. The van der Waals surface area contributed by atoms with Crippen molar-refractivity contribution in [2.45, 2.75) is 20.8 Å². The topological polar surface area (TPSA) is 88.2 Å². The van der Waals surface area contributed by atoms with E-state index in [1.165, 1.54) is 19.2 Å². The van der Waals surface area contributed by atoms with E-state index in [0.717, 1.165) is 10.6 Å². The van der Waals surface area contributed by atoms with Crippen LogP contribution in [0.3, 0.4) is 0 Å². The summed E-state index contributed by atoms with van der Waals surface area (Å²) in [5.74, 6) is -1.50. The molecule has 8 heteroatoms. The Morgan fingerprint density at radius 1 is 1.14 bits per heavy atom. The van der Waals surface area contributed by atoms with E-state index in [0.29, 0.717) is 22.4 Å². The maximum atomic E-state index is 14.6. The second-order valence-corrected chi connectivity index (χ2v) is 8.85. The van der Waals surface area contributed by atoms with Crippen LogP contribution >= 0.6 is 0 Å². The van der Waals surface area contributed by atoms with Crippen LogP contribution in [0.1, 0.15) is 26.3 Å². The first-order valence-electron chi connectivity index (χ1n) is 11.4. The fraction of sp³-hybridized carbons (Fsp3) is 0.214. The number of ether oxygens (including phenoxy) is 1. The van der Waals surface area contributed by atoms with Crippen molar-refractivity contribution in [1.29, 1.82) is 5.26 Å². The van der Waals surface area contributed by atoms with Gasteiger partial charge in [-0.2, -0.15) is 10.4 Å². The number of hydrogen-bond acceptors (Lipinski definition) is 5. The lowest BCUT2D eigenvalue weighted by atomic mass is 9.92. The van der Waals surface area contributed by atoms with Gasteiger partial charge in [-0.05, 0) is 54.8 Å². The molecular formula is C28H25FN4O3. The van der Waals surface area contributed by atoms with Gasteiger partial charge < -0.3 is 4.74 Å². The molecule has 182 valence electrons. The molecule has 0 saturated carbocycles. The van der Waals surface area contributed by atoms with E-state index < -0.39 is 17.6 Å². The van der Waals surface area contributed by atoms with E-state index in [-0.39, 0.29) is 29.4 Å². The fourth-order valence-electron chi connectivity index (χ4n) is 4.06. The number of carbonyl (C=O) groups excluding carboxylic acids is 2. The van der Waals surface area contributed by atoms with Crippen LogP contribution in [0.5, 0.6) is 5.75 Å². The van der Waals surface area contributed by atoms with Gasteiger partial charge in [0.1, 0.15) is 17.3 Å². The third-order valence-corrected chi connectivity index (χ3v) is 5.86. The Morgan fingerprint density at radius 2 is 1.86 bits per heavy atom. The van der Waals surface area contributed by atoms with E-state index in [1.54, 1.807) is 29.9 Å². The number of nitrogens with zero attached hydrogens (tertiary/aromatic N) is 4. The van der Waals surface area contributed by atoms with Crippen molar-refractivity contribution >= 4 is 17.9 Å². The maximum Gasteiger partial charge on any atom is 0.271 e. The minimum atomic E-state index is -0.594. The molecule has 7 nitrogen and oxygen atoms in total. The molecule has 0 bridgehead atoms. The van der Waals surface area contributed by atoms with Gasteiger partial charge in [0.25, 0.3) is 11.8 Å². The lowest BCUT2D eigenvalue weighted by Gasteiger charge is -2.28. The number of halogens is 1. The molecule has 2 aromatic carbocycles. The number of carbonyl (C=O) groups is 2. The SMILES string of the molecule is COc1ccc(-c2nn(-c3ccccc3)cc2/C=C2/C(=O)N(CC(C)C)C(=O)C(C#N)=C2C)cc1F. The second-order valence-electron chi connectivity index (χ2n) is 8.85. The van der Waals surface area contributed by atoms with Crippen LogP contribution in [-0.4, -0.2) is 40.1 Å². The molecule has 0 spiro atoms. The van der Waals surface area contributed by atoms with Gasteiger partial charge in [0.2, 0.25) is 0 Å². The molecule has 2 heterocycles. The van der Waals surface area contributed by atoms with Gasteiger partial charge in [-0.15, -0.1) is 0 Å². The largest absolute Gasteiger partial charge is 0.494 e.